The third-order valence-corrected chi connectivity index (χ3v) is 4.24. The summed E-state index contributed by atoms with van der Waals surface area (Å²) in [5.74, 6) is -0.519. The lowest BCUT2D eigenvalue weighted by molar-refractivity contribution is 0.0924. The van der Waals surface area contributed by atoms with Crippen LogP contribution in [0.5, 0.6) is 0 Å². The number of hydrogen-bond acceptors (Lipinski definition) is 4. The molecule has 4 nitrogen and oxygen atoms in total. The molecule has 2 N–H and O–H groups in total. The molecule has 1 aromatic carbocycles. The minimum atomic E-state index is -0.266. The van der Waals surface area contributed by atoms with Crippen molar-refractivity contribution in [2.45, 2.75) is 32.2 Å². The van der Waals surface area contributed by atoms with E-state index in [1.165, 1.54) is 17.4 Å². The lowest BCUT2D eigenvalue weighted by Gasteiger charge is -2.14. The SMILES string of the molecule is CCC(CCO)NC(=O)c1csc(Cc2ccccc2F)n1. The fraction of sp³-hybridized carbons (Fsp3) is 0.375. The van der Waals surface area contributed by atoms with Crippen LogP contribution < -0.4 is 5.32 Å². The molecule has 1 unspecified atom stereocenters. The Morgan fingerprint density at radius 1 is 1.45 bits per heavy atom. The van der Waals surface area contributed by atoms with Gasteiger partial charge in [0.25, 0.3) is 5.91 Å². The topological polar surface area (TPSA) is 62.2 Å². The summed E-state index contributed by atoms with van der Waals surface area (Å²) in [6.07, 6.45) is 1.64. The second-order valence-electron chi connectivity index (χ2n) is 4.99. The third-order valence-electron chi connectivity index (χ3n) is 3.39. The molecule has 2 rings (SSSR count). The van der Waals surface area contributed by atoms with Crippen LogP contribution in [0.15, 0.2) is 29.6 Å². The van der Waals surface area contributed by atoms with Crippen molar-refractivity contribution in [3.63, 3.8) is 0 Å². The van der Waals surface area contributed by atoms with Crippen LogP contribution in [0.25, 0.3) is 0 Å². The Balaban J connectivity index is 2.02. The number of halogens is 1. The normalized spacial score (nSPS) is 12.1. The van der Waals surface area contributed by atoms with Crippen molar-refractivity contribution >= 4 is 17.2 Å². The van der Waals surface area contributed by atoms with E-state index in [-0.39, 0.29) is 24.4 Å². The first-order valence-corrected chi connectivity index (χ1v) is 8.11. The van der Waals surface area contributed by atoms with Crippen LogP contribution >= 0.6 is 11.3 Å². The molecular formula is C16H19FN2O2S. The van der Waals surface area contributed by atoms with E-state index in [1.807, 2.05) is 6.92 Å². The lowest BCUT2D eigenvalue weighted by Crippen LogP contribution is -2.35. The highest BCUT2D eigenvalue weighted by molar-refractivity contribution is 7.09. The van der Waals surface area contributed by atoms with E-state index in [4.69, 9.17) is 5.11 Å². The Kier molecular flexibility index (Phi) is 6.03. The molecule has 6 heteroatoms. The summed E-state index contributed by atoms with van der Waals surface area (Å²) in [6.45, 7) is 1.99. The van der Waals surface area contributed by atoms with Crippen LogP contribution in [0.1, 0.15) is 40.8 Å². The zero-order chi connectivity index (χ0) is 15.9. The molecule has 1 aromatic heterocycles. The standard InChI is InChI=1S/C16H19FN2O2S/c1-2-12(7-8-20)18-16(21)14-10-22-15(19-14)9-11-5-3-4-6-13(11)17/h3-6,10,12,20H,2,7-9H2,1H3,(H,18,21). The van der Waals surface area contributed by atoms with Gasteiger partial charge in [0.05, 0.1) is 5.01 Å². The zero-order valence-electron chi connectivity index (χ0n) is 12.4. The molecule has 0 aliphatic carbocycles. The van der Waals surface area contributed by atoms with Crippen molar-refractivity contribution in [3.8, 4) is 0 Å². The summed E-state index contributed by atoms with van der Waals surface area (Å²) in [5.41, 5.74) is 0.906. The number of thiazole rings is 1. The molecule has 0 fully saturated rings. The summed E-state index contributed by atoms with van der Waals surface area (Å²) >= 11 is 1.34. The molecule has 0 aliphatic rings. The first-order valence-electron chi connectivity index (χ1n) is 7.23. The average molecular weight is 322 g/mol. The van der Waals surface area contributed by atoms with Crippen molar-refractivity contribution in [2.24, 2.45) is 0 Å². The molecule has 0 radical (unpaired) electrons. The highest BCUT2D eigenvalue weighted by atomic mass is 32.1. The van der Waals surface area contributed by atoms with Gasteiger partial charge in [-0.15, -0.1) is 11.3 Å². The number of nitrogens with one attached hydrogen (secondary N) is 1. The number of rotatable bonds is 7. The molecule has 0 aliphatic heterocycles. The maximum absolute atomic E-state index is 13.6. The number of carbonyl (C=O) groups is 1. The van der Waals surface area contributed by atoms with Gasteiger partial charge in [-0.05, 0) is 24.5 Å². The van der Waals surface area contributed by atoms with Gasteiger partial charge in [0.15, 0.2) is 0 Å². The minimum absolute atomic E-state index is 0.0361. The molecule has 2 aromatic rings. The molecular weight excluding hydrogens is 303 g/mol. The van der Waals surface area contributed by atoms with Crippen molar-refractivity contribution < 1.29 is 14.3 Å². The maximum atomic E-state index is 13.6. The molecule has 1 heterocycles. The van der Waals surface area contributed by atoms with E-state index in [2.05, 4.69) is 10.3 Å². The van der Waals surface area contributed by atoms with Crippen LogP contribution in [0.2, 0.25) is 0 Å². The Hall–Kier alpha value is -1.79. The van der Waals surface area contributed by atoms with Gasteiger partial charge in [0, 0.05) is 24.4 Å². The molecule has 0 saturated heterocycles. The van der Waals surface area contributed by atoms with Gasteiger partial charge in [0.2, 0.25) is 0 Å². The number of aliphatic hydroxyl groups is 1. The first-order chi connectivity index (χ1) is 10.6. The van der Waals surface area contributed by atoms with Crippen molar-refractivity contribution in [1.29, 1.82) is 0 Å². The summed E-state index contributed by atoms with van der Waals surface area (Å²) in [6, 6.07) is 6.49. The predicted octanol–water partition coefficient (Wildman–Crippen LogP) is 2.76. The lowest BCUT2D eigenvalue weighted by atomic mass is 10.1. The largest absolute Gasteiger partial charge is 0.396 e. The van der Waals surface area contributed by atoms with E-state index in [1.54, 1.807) is 23.6 Å². The Bertz CT molecular complexity index is 630. The van der Waals surface area contributed by atoms with Gasteiger partial charge >= 0.3 is 0 Å². The minimum Gasteiger partial charge on any atom is -0.396 e. The first kappa shape index (κ1) is 16.6. The predicted molar refractivity (Wildman–Crippen MR) is 84.6 cm³/mol. The van der Waals surface area contributed by atoms with Gasteiger partial charge < -0.3 is 10.4 Å². The Morgan fingerprint density at radius 2 is 2.23 bits per heavy atom. The smallest absolute Gasteiger partial charge is 0.270 e. The van der Waals surface area contributed by atoms with E-state index < -0.39 is 0 Å². The van der Waals surface area contributed by atoms with E-state index in [0.717, 1.165) is 6.42 Å². The quantitative estimate of drug-likeness (QED) is 0.824. The highest BCUT2D eigenvalue weighted by Crippen LogP contribution is 2.17. The molecule has 1 amide bonds. The second kappa shape index (κ2) is 8.00. The van der Waals surface area contributed by atoms with E-state index >= 15 is 0 Å². The maximum Gasteiger partial charge on any atom is 0.270 e. The fourth-order valence-electron chi connectivity index (χ4n) is 2.09. The molecule has 22 heavy (non-hydrogen) atoms. The van der Waals surface area contributed by atoms with Gasteiger partial charge in [-0.1, -0.05) is 25.1 Å². The molecule has 1 atom stereocenters. The third kappa shape index (κ3) is 4.35. The van der Waals surface area contributed by atoms with Gasteiger partial charge in [-0.25, -0.2) is 9.37 Å². The zero-order valence-corrected chi connectivity index (χ0v) is 13.2. The molecule has 0 bridgehead atoms. The van der Waals surface area contributed by atoms with Crippen LogP contribution in [0.4, 0.5) is 4.39 Å². The Labute approximate surface area is 133 Å². The number of hydrogen-bond donors (Lipinski definition) is 2. The number of aliphatic hydroxyl groups excluding tert-OH is 1. The molecule has 118 valence electrons. The monoisotopic (exact) mass is 322 g/mol. The number of aromatic nitrogens is 1. The van der Waals surface area contributed by atoms with Crippen LogP contribution in [-0.4, -0.2) is 28.6 Å². The van der Waals surface area contributed by atoms with Crippen LogP contribution in [0, 0.1) is 5.82 Å². The summed E-state index contributed by atoms with van der Waals surface area (Å²) < 4.78 is 13.6. The van der Waals surface area contributed by atoms with Crippen molar-refractivity contribution in [3.05, 3.63) is 51.7 Å². The number of carbonyl (C=O) groups excluding carboxylic acids is 1. The van der Waals surface area contributed by atoms with Crippen LogP contribution in [-0.2, 0) is 6.42 Å². The summed E-state index contributed by atoms with van der Waals surface area (Å²) in [4.78, 5) is 16.4. The second-order valence-corrected chi connectivity index (χ2v) is 5.93. The fourth-order valence-corrected chi connectivity index (χ4v) is 2.89. The number of nitrogens with zero attached hydrogens (tertiary/aromatic N) is 1. The van der Waals surface area contributed by atoms with Crippen LogP contribution in [0.3, 0.4) is 0 Å². The van der Waals surface area contributed by atoms with Gasteiger partial charge in [0.1, 0.15) is 11.5 Å². The number of amides is 1. The molecule has 0 spiro atoms. The van der Waals surface area contributed by atoms with E-state index in [0.29, 0.717) is 29.1 Å². The van der Waals surface area contributed by atoms with Crippen molar-refractivity contribution in [2.75, 3.05) is 6.61 Å². The molecule has 0 saturated carbocycles. The van der Waals surface area contributed by atoms with Gasteiger partial charge in [-0.3, -0.25) is 4.79 Å². The summed E-state index contributed by atoms with van der Waals surface area (Å²) in [7, 11) is 0. The van der Waals surface area contributed by atoms with Crippen molar-refractivity contribution in [1.82, 2.24) is 10.3 Å². The Morgan fingerprint density at radius 3 is 2.91 bits per heavy atom. The van der Waals surface area contributed by atoms with Gasteiger partial charge in [-0.2, -0.15) is 0 Å². The van der Waals surface area contributed by atoms with E-state index in [9.17, 15) is 9.18 Å². The highest BCUT2D eigenvalue weighted by Gasteiger charge is 2.15. The average Bonchev–Trinajstić information content (AvgIpc) is 2.98. The number of benzene rings is 1. The summed E-state index contributed by atoms with van der Waals surface area (Å²) in [5, 5.41) is 14.2.